The highest BCUT2D eigenvalue weighted by Crippen LogP contribution is 2.36. The van der Waals surface area contributed by atoms with Crippen LogP contribution in [0.2, 0.25) is 0 Å². The Morgan fingerprint density at radius 3 is 2.87 bits per heavy atom. The number of benzene rings is 1. The van der Waals surface area contributed by atoms with E-state index in [1.54, 1.807) is 0 Å². The Bertz CT molecular complexity index is 872. The first-order chi connectivity index (χ1) is 15.1. The molecule has 0 bridgehead atoms. The summed E-state index contributed by atoms with van der Waals surface area (Å²) in [6.45, 7) is 5.97. The smallest absolute Gasteiger partial charge is 0.227 e. The summed E-state index contributed by atoms with van der Waals surface area (Å²) in [7, 11) is 2.20. The molecule has 0 radical (unpaired) electrons. The van der Waals surface area contributed by atoms with Crippen LogP contribution in [-0.4, -0.2) is 49.3 Å². The molecule has 2 fully saturated rings. The fourth-order valence-corrected chi connectivity index (χ4v) is 4.99. The molecule has 168 valence electrons. The van der Waals surface area contributed by atoms with E-state index >= 15 is 0 Å². The third-order valence-electron chi connectivity index (χ3n) is 6.91. The van der Waals surface area contributed by atoms with Crippen LogP contribution < -0.4 is 5.32 Å². The maximum absolute atomic E-state index is 13.4. The van der Waals surface area contributed by atoms with Crippen molar-refractivity contribution < 1.29 is 14.1 Å². The minimum atomic E-state index is -0.437. The van der Waals surface area contributed by atoms with Crippen LogP contribution >= 0.6 is 0 Å². The average Bonchev–Trinajstić information content (AvgIpc) is 3.26. The van der Waals surface area contributed by atoms with Crippen LogP contribution in [0.3, 0.4) is 0 Å². The highest BCUT2D eigenvalue weighted by atomic mass is 16.5. The highest BCUT2D eigenvalue weighted by Gasteiger charge is 2.40. The van der Waals surface area contributed by atoms with E-state index in [9.17, 15) is 4.79 Å². The van der Waals surface area contributed by atoms with Crippen molar-refractivity contribution in [1.82, 2.24) is 15.4 Å². The van der Waals surface area contributed by atoms with E-state index in [1.165, 1.54) is 30.5 Å². The van der Waals surface area contributed by atoms with Crippen molar-refractivity contribution >= 4 is 5.91 Å². The molecule has 0 spiro atoms. The van der Waals surface area contributed by atoms with Crippen LogP contribution in [0.1, 0.15) is 61.1 Å². The largest absolute Gasteiger partial charge is 0.381 e. The van der Waals surface area contributed by atoms with Gasteiger partial charge < -0.3 is 19.5 Å². The molecule has 1 aromatic carbocycles. The van der Waals surface area contributed by atoms with E-state index in [1.807, 2.05) is 13.0 Å². The monoisotopic (exact) mass is 425 g/mol. The van der Waals surface area contributed by atoms with E-state index in [2.05, 4.69) is 46.7 Å². The Morgan fingerprint density at radius 1 is 1.29 bits per heavy atom. The minimum absolute atomic E-state index is 0.0908. The first-order valence-corrected chi connectivity index (χ1v) is 11.7. The summed E-state index contributed by atoms with van der Waals surface area (Å²) in [6.07, 6.45) is 5.54. The average molecular weight is 426 g/mol. The molecule has 1 atom stereocenters. The number of aromatic nitrogens is 1. The lowest BCUT2D eigenvalue weighted by Crippen LogP contribution is -2.45. The number of likely N-dealkylation sites (N-methyl/N-ethyl adjacent to an activating group) is 1. The number of hydrogen-bond acceptors (Lipinski definition) is 5. The number of aryl methyl sites for hydroxylation is 1. The molecule has 1 N–H and O–H groups in total. The fourth-order valence-electron chi connectivity index (χ4n) is 4.99. The van der Waals surface area contributed by atoms with Gasteiger partial charge in [-0.05, 0) is 69.2 Å². The molecule has 0 saturated carbocycles. The summed E-state index contributed by atoms with van der Waals surface area (Å²) < 4.78 is 11.0. The number of amides is 1. The second-order valence-corrected chi connectivity index (χ2v) is 9.24. The predicted molar refractivity (Wildman–Crippen MR) is 120 cm³/mol. The minimum Gasteiger partial charge on any atom is -0.381 e. The van der Waals surface area contributed by atoms with Gasteiger partial charge in [0, 0.05) is 25.8 Å². The Labute approximate surface area is 185 Å². The standard InChI is InChI=1S/C25H35N3O3/c1-3-22-15-23(31-27-22)17-26-24(29)25(9-12-30-13-10-25)16-19-6-4-7-20(14-19)21-8-5-11-28(2)18-21/h4,6-7,14-15,21H,3,5,8-13,16-18H2,1-2H3,(H,26,29)/t21-/m0/s1. The SMILES string of the molecule is CCc1cc(CNC(=O)C2(Cc3cccc([C@H]4CCCN(C)C4)c3)CCOCC2)on1. The van der Waals surface area contributed by atoms with E-state index < -0.39 is 5.41 Å². The van der Waals surface area contributed by atoms with Crippen LogP contribution in [0.25, 0.3) is 0 Å². The molecule has 2 aliphatic heterocycles. The molecule has 0 aliphatic carbocycles. The molecule has 6 heteroatoms. The van der Waals surface area contributed by atoms with Gasteiger partial charge in [0.2, 0.25) is 5.91 Å². The van der Waals surface area contributed by atoms with Crippen LogP contribution in [0, 0.1) is 5.41 Å². The summed E-state index contributed by atoms with van der Waals surface area (Å²) in [5, 5.41) is 7.14. The first kappa shape index (κ1) is 22.0. The molecule has 1 amide bonds. The maximum atomic E-state index is 13.4. The lowest BCUT2D eigenvalue weighted by Gasteiger charge is -2.36. The Morgan fingerprint density at radius 2 is 2.13 bits per heavy atom. The second-order valence-electron chi connectivity index (χ2n) is 9.24. The van der Waals surface area contributed by atoms with Crippen molar-refractivity contribution in [3.8, 4) is 0 Å². The van der Waals surface area contributed by atoms with E-state index in [-0.39, 0.29) is 5.91 Å². The van der Waals surface area contributed by atoms with Crippen LogP contribution in [0.15, 0.2) is 34.9 Å². The molecule has 2 saturated heterocycles. The van der Waals surface area contributed by atoms with Gasteiger partial charge in [-0.1, -0.05) is 36.3 Å². The van der Waals surface area contributed by atoms with Crippen molar-refractivity contribution in [2.24, 2.45) is 5.41 Å². The predicted octanol–water partition coefficient (Wildman–Crippen LogP) is 3.70. The summed E-state index contributed by atoms with van der Waals surface area (Å²) in [4.78, 5) is 15.8. The molecular weight excluding hydrogens is 390 g/mol. The van der Waals surface area contributed by atoms with Gasteiger partial charge in [0.05, 0.1) is 17.7 Å². The fraction of sp³-hybridized carbons (Fsp3) is 0.600. The van der Waals surface area contributed by atoms with Crippen LogP contribution in [0.5, 0.6) is 0 Å². The van der Waals surface area contributed by atoms with Gasteiger partial charge in [-0.2, -0.15) is 0 Å². The second kappa shape index (κ2) is 9.96. The number of hydrogen-bond donors (Lipinski definition) is 1. The number of piperidine rings is 1. The number of ether oxygens (including phenoxy) is 1. The lowest BCUT2D eigenvalue weighted by molar-refractivity contribution is -0.137. The van der Waals surface area contributed by atoms with Crippen LogP contribution in [-0.2, 0) is 28.9 Å². The van der Waals surface area contributed by atoms with E-state index in [4.69, 9.17) is 9.26 Å². The molecule has 31 heavy (non-hydrogen) atoms. The number of nitrogens with one attached hydrogen (secondary N) is 1. The van der Waals surface area contributed by atoms with Crippen molar-refractivity contribution in [3.05, 3.63) is 52.9 Å². The van der Waals surface area contributed by atoms with Crippen molar-refractivity contribution in [3.63, 3.8) is 0 Å². The van der Waals surface area contributed by atoms with Crippen molar-refractivity contribution in [2.75, 3.05) is 33.4 Å². The molecule has 2 aromatic rings. The number of rotatable bonds is 7. The lowest BCUT2D eigenvalue weighted by atomic mass is 9.74. The molecule has 1 aromatic heterocycles. The molecule has 0 unspecified atom stereocenters. The van der Waals surface area contributed by atoms with Gasteiger partial charge in [0.15, 0.2) is 5.76 Å². The Balaban J connectivity index is 1.47. The van der Waals surface area contributed by atoms with Crippen LogP contribution in [0.4, 0.5) is 0 Å². The van der Waals surface area contributed by atoms with Gasteiger partial charge in [-0.25, -0.2) is 0 Å². The highest BCUT2D eigenvalue weighted by molar-refractivity contribution is 5.83. The summed E-state index contributed by atoms with van der Waals surface area (Å²) >= 11 is 0. The quantitative estimate of drug-likeness (QED) is 0.733. The van der Waals surface area contributed by atoms with Crippen molar-refractivity contribution in [1.29, 1.82) is 0 Å². The number of carbonyl (C=O) groups excluding carboxylic acids is 1. The number of carbonyl (C=O) groups is 1. The van der Waals surface area contributed by atoms with Gasteiger partial charge in [-0.3, -0.25) is 4.79 Å². The summed E-state index contributed by atoms with van der Waals surface area (Å²) in [6, 6.07) is 10.8. The Hall–Kier alpha value is -2.18. The normalized spacial score (nSPS) is 21.7. The van der Waals surface area contributed by atoms with Gasteiger partial charge in [0.25, 0.3) is 0 Å². The number of likely N-dealkylation sites (tertiary alicyclic amines) is 1. The third-order valence-corrected chi connectivity index (χ3v) is 6.91. The number of nitrogens with zero attached hydrogens (tertiary/aromatic N) is 2. The molecular formula is C25H35N3O3. The van der Waals surface area contributed by atoms with Gasteiger partial charge >= 0.3 is 0 Å². The van der Waals surface area contributed by atoms with Gasteiger partial charge in [0.1, 0.15) is 0 Å². The zero-order valence-corrected chi connectivity index (χ0v) is 18.9. The topological polar surface area (TPSA) is 67.6 Å². The zero-order chi connectivity index (χ0) is 21.7. The Kier molecular flexibility index (Phi) is 7.08. The summed E-state index contributed by atoms with van der Waals surface area (Å²) in [5.41, 5.74) is 3.12. The van der Waals surface area contributed by atoms with Crippen molar-refractivity contribution in [2.45, 2.75) is 57.9 Å². The molecule has 4 rings (SSSR count). The van der Waals surface area contributed by atoms with E-state index in [0.29, 0.717) is 31.4 Å². The molecule has 6 nitrogen and oxygen atoms in total. The molecule has 2 aliphatic rings. The van der Waals surface area contributed by atoms with Gasteiger partial charge in [-0.15, -0.1) is 0 Å². The molecule has 3 heterocycles. The maximum Gasteiger partial charge on any atom is 0.227 e. The zero-order valence-electron chi connectivity index (χ0n) is 18.9. The third kappa shape index (κ3) is 5.36. The summed E-state index contributed by atoms with van der Waals surface area (Å²) in [5.74, 6) is 1.38. The van der Waals surface area contributed by atoms with E-state index in [0.717, 1.165) is 37.9 Å². The first-order valence-electron chi connectivity index (χ1n) is 11.7.